The van der Waals surface area contributed by atoms with Crippen molar-refractivity contribution in [3.63, 3.8) is 0 Å². The molecule has 1 amide bonds. The second-order valence-electron chi connectivity index (χ2n) is 4.92. The molecule has 2 atom stereocenters. The van der Waals surface area contributed by atoms with Crippen molar-refractivity contribution in [1.82, 2.24) is 5.32 Å². The molecule has 2 N–H and O–H groups in total. The maximum atomic E-state index is 10.7. The lowest BCUT2D eigenvalue weighted by Gasteiger charge is -2.32. The molecule has 0 radical (unpaired) electrons. The molecule has 0 aliphatic carbocycles. The molecule has 0 aliphatic heterocycles. The molecular formula is C11H23NO4. The van der Waals surface area contributed by atoms with Crippen LogP contribution in [0.2, 0.25) is 0 Å². The number of hydrogen-bond donors (Lipinski definition) is 2. The van der Waals surface area contributed by atoms with Gasteiger partial charge in [-0.1, -0.05) is 20.8 Å². The van der Waals surface area contributed by atoms with Gasteiger partial charge in [-0.05, 0) is 11.8 Å². The maximum absolute atomic E-state index is 10.7. The van der Waals surface area contributed by atoms with Gasteiger partial charge in [-0.25, -0.2) is 4.79 Å². The van der Waals surface area contributed by atoms with Gasteiger partial charge in [0.2, 0.25) is 0 Å². The van der Waals surface area contributed by atoms with Crippen molar-refractivity contribution in [1.29, 1.82) is 0 Å². The molecule has 0 saturated carbocycles. The fourth-order valence-electron chi connectivity index (χ4n) is 1.46. The Morgan fingerprint density at radius 3 is 2.25 bits per heavy atom. The van der Waals surface area contributed by atoms with E-state index >= 15 is 0 Å². The number of methoxy groups -OCH3 is 2. The molecular weight excluding hydrogens is 210 g/mol. The van der Waals surface area contributed by atoms with Crippen LogP contribution in [0.5, 0.6) is 0 Å². The minimum atomic E-state index is -1.01. The van der Waals surface area contributed by atoms with Crippen LogP contribution >= 0.6 is 0 Å². The number of hydrogen-bond acceptors (Lipinski definition) is 3. The Bertz CT molecular complexity index is 213. The van der Waals surface area contributed by atoms with E-state index in [1.54, 1.807) is 14.2 Å². The maximum Gasteiger partial charge on any atom is 0.404 e. The number of rotatable bonds is 6. The monoisotopic (exact) mass is 233 g/mol. The summed E-state index contributed by atoms with van der Waals surface area (Å²) >= 11 is 0. The van der Waals surface area contributed by atoms with Crippen LogP contribution in [0.25, 0.3) is 0 Å². The fraction of sp³-hybridized carbons (Fsp3) is 0.909. The van der Waals surface area contributed by atoms with Gasteiger partial charge >= 0.3 is 6.09 Å². The zero-order valence-electron chi connectivity index (χ0n) is 10.7. The van der Waals surface area contributed by atoms with Crippen LogP contribution in [0.15, 0.2) is 0 Å². The summed E-state index contributed by atoms with van der Waals surface area (Å²) in [5, 5.41) is 11.3. The summed E-state index contributed by atoms with van der Waals surface area (Å²) in [7, 11) is 3.20. The average Bonchev–Trinajstić information content (AvgIpc) is 2.13. The number of ether oxygens (including phenoxy) is 2. The summed E-state index contributed by atoms with van der Waals surface area (Å²) in [6.07, 6.45) is -0.506. The first-order chi connectivity index (χ1) is 7.31. The molecule has 0 aliphatic rings. The van der Waals surface area contributed by atoms with E-state index in [-0.39, 0.29) is 17.6 Å². The molecule has 5 nitrogen and oxygen atoms in total. The van der Waals surface area contributed by atoms with Crippen LogP contribution in [0.3, 0.4) is 0 Å². The Balaban J connectivity index is 4.46. The molecule has 0 fully saturated rings. The molecule has 0 aromatic carbocycles. The summed E-state index contributed by atoms with van der Waals surface area (Å²) < 4.78 is 10.3. The van der Waals surface area contributed by atoms with Gasteiger partial charge in [-0.15, -0.1) is 0 Å². The minimum Gasteiger partial charge on any atom is -0.465 e. The van der Waals surface area contributed by atoms with E-state index in [0.29, 0.717) is 13.0 Å². The van der Waals surface area contributed by atoms with Crippen LogP contribution in [-0.2, 0) is 9.47 Å². The van der Waals surface area contributed by atoms with Crippen molar-refractivity contribution < 1.29 is 19.4 Å². The second-order valence-corrected chi connectivity index (χ2v) is 4.92. The molecule has 0 bridgehead atoms. The first kappa shape index (κ1) is 15.2. The van der Waals surface area contributed by atoms with Gasteiger partial charge in [-0.2, -0.15) is 0 Å². The van der Waals surface area contributed by atoms with Crippen molar-refractivity contribution in [2.75, 3.05) is 20.8 Å². The van der Waals surface area contributed by atoms with Gasteiger partial charge in [-0.3, -0.25) is 0 Å². The van der Waals surface area contributed by atoms with E-state index < -0.39 is 6.09 Å². The third-order valence-electron chi connectivity index (χ3n) is 2.53. The van der Waals surface area contributed by atoms with E-state index in [1.807, 2.05) is 20.8 Å². The summed E-state index contributed by atoms with van der Waals surface area (Å²) in [4.78, 5) is 10.7. The fourth-order valence-corrected chi connectivity index (χ4v) is 1.46. The number of amides is 1. The molecule has 0 heterocycles. The number of carboxylic acid groups (broad SMARTS) is 1. The molecule has 5 heteroatoms. The minimum absolute atomic E-state index is 0.0962. The predicted molar refractivity (Wildman–Crippen MR) is 61.7 cm³/mol. The van der Waals surface area contributed by atoms with Crippen molar-refractivity contribution in [2.24, 2.45) is 5.41 Å². The van der Waals surface area contributed by atoms with Crippen molar-refractivity contribution >= 4 is 6.09 Å². The molecule has 96 valence electrons. The largest absolute Gasteiger partial charge is 0.465 e. The molecule has 0 aromatic heterocycles. The average molecular weight is 233 g/mol. The summed E-state index contributed by atoms with van der Waals surface area (Å²) in [5.74, 6) is 0. The molecule has 0 rings (SSSR count). The van der Waals surface area contributed by atoms with Crippen LogP contribution in [-0.4, -0.2) is 44.2 Å². The Morgan fingerprint density at radius 2 is 1.94 bits per heavy atom. The normalized spacial score (nSPS) is 15.6. The van der Waals surface area contributed by atoms with Crippen LogP contribution in [0.1, 0.15) is 27.2 Å². The zero-order chi connectivity index (χ0) is 12.8. The quantitative estimate of drug-likeness (QED) is 0.733. The van der Waals surface area contributed by atoms with E-state index in [4.69, 9.17) is 14.6 Å². The Hall–Kier alpha value is -0.810. The highest BCUT2D eigenvalue weighted by Gasteiger charge is 2.28. The Labute approximate surface area is 97.1 Å². The van der Waals surface area contributed by atoms with Gasteiger partial charge in [0.15, 0.2) is 0 Å². The van der Waals surface area contributed by atoms with E-state index in [2.05, 4.69) is 5.32 Å². The molecule has 1 unspecified atom stereocenters. The zero-order valence-corrected chi connectivity index (χ0v) is 10.7. The van der Waals surface area contributed by atoms with Gasteiger partial charge in [0.1, 0.15) is 0 Å². The van der Waals surface area contributed by atoms with E-state index in [1.165, 1.54) is 0 Å². The summed E-state index contributed by atoms with van der Waals surface area (Å²) in [6.45, 7) is 6.44. The lowest BCUT2D eigenvalue weighted by atomic mass is 9.83. The third-order valence-corrected chi connectivity index (χ3v) is 2.53. The Kier molecular flexibility index (Phi) is 6.36. The van der Waals surface area contributed by atoms with E-state index in [9.17, 15) is 4.79 Å². The summed E-state index contributed by atoms with van der Waals surface area (Å²) in [5.41, 5.74) is -0.150. The van der Waals surface area contributed by atoms with Crippen molar-refractivity contribution in [3.05, 3.63) is 0 Å². The van der Waals surface area contributed by atoms with Crippen LogP contribution < -0.4 is 5.32 Å². The topological polar surface area (TPSA) is 67.8 Å². The highest BCUT2D eigenvalue weighted by Crippen LogP contribution is 2.23. The molecule has 0 saturated heterocycles. The van der Waals surface area contributed by atoms with Gasteiger partial charge < -0.3 is 19.9 Å². The lowest BCUT2D eigenvalue weighted by molar-refractivity contribution is 0.00924. The van der Waals surface area contributed by atoms with E-state index in [0.717, 1.165) is 0 Å². The third kappa shape index (κ3) is 5.92. The SMILES string of the molecule is COC[C@@H](CC(NC(=O)O)C(C)(C)C)OC. The van der Waals surface area contributed by atoms with Crippen molar-refractivity contribution in [2.45, 2.75) is 39.3 Å². The smallest absolute Gasteiger partial charge is 0.404 e. The van der Waals surface area contributed by atoms with Crippen LogP contribution in [0, 0.1) is 5.41 Å². The molecule has 16 heavy (non-hydrogen) atoms. The van der Waals surface area contributed by atoms with Crippen LogP contribution in [0.4, 0.5) is 4.79 Å². The van der Waals surface area contributed by atoms with Gasteiger partial charge in [0.25, 0.3) is 0 Å². The van der Waals surface area contributed by atoms with Gasteiger partial charge in [0, 0.05) is 20.3 Å². The van der Waals surface area contributed by atoms with Gasteiger partial charge in [0.05, 0.1) is 12.7 Å². The number of carbonyl (C=O) groups is 1. The highest BCUT2D eigenvalue weighted by molar-refractivity contribution is 5.64. The lowest BCUT2D eigenvalue weighted by Crippen LogP contribution is -2.46. The first-order valence-electron chi connectivity index (χ1n) is 5.32. The number of nitrogens with one attached hydrogen (secondary N) is 1. The Morgan fingerprint density at radius 1 is 1.38 bits per heavy atom. The predicted octanol–water partition coefficient (Wildman–Crippen LogP) is 1.72. The standard InChI is InChI=1S/C11H23NO4/c1-11(2,3)9(12-10(13)14)6-8(16-5)7-15-4/h8-9,12H,6-7H2,1-5H3,(H,13,14)/t8-,9?/m1/s1. The second kappa shape index (κ2) is 6.70. The summed E-state index contributed by atoms with van der Waals surface area (Å²) in [6, 6.07) is -0.162. The molecule has 0 spiro atoms. The van der Waals surface area contributed by atoms with Crippen molar-refractivity contribution in [3.8, 4) is 0 Å². The molecule has 0 aromatic rings. The first-order valence-corrected chi connectivity index (χ1v) is 5.32. The highest BCUT2D eigenvalue weighted by atomic mass is 16.5.